The molecule has 0 spiro atoms. The number of aromatic nitrogens is 3. The molecule has 0 saturated carbocycles. The van der Waals surface area contributed by atoms with Crippen LogP contribution in [-0.4, -0.2) is 26.6 Å². The zero-order valence-electron chi connectivity index (χ0n) is 11.0. The van der Waals surface area contributed by atoms with E-state index in [0.717, 1.165) is 0 Å². The van der Waals surface area contributed by atoms with E-state index in [1.807, 2.05) is 0 Å². The van der Waals surface area contributed by atoms with Crippen LogP contribution in [0.5, 0.6) is 0 Å². The highest BCUT2D eigenvalue weighted by Crippen LogP contribution is 2.19. The van der Waals surface area contributed by atoms with Crippen molar-refractivity contribution in [2.75, 3.05) is 5.73 Å². The summed E-state index contributed by atoms with van der Waals surface area (Å²) in [5, 5.41) is 3.95. The van der Waals surface area contributed by atoms with Gasteiger partial charge in [-0.15, -0.1) is 0 Å². The molecule has 0 fully saturated rings. The van der Waals surface area contributed by atoms with Crippen molar-refractivity contribution in [3.8, 4) is 5.82 Å². The number of primary amides is 2. The minimum atomic E-state index is -0.758. The highest BCUT2D eigenvalue weighted by molar-refractivity contribution is 5.98. The Kier molecular flexibility index (Phi) is 3.15. The smallest absolute Gasteiger partial charge is 0.271 e. The minimum absolute atomic E-state index is 0.0821. The number of nitrogens with zero attached hydrogens (tertiary/aromatic N) is 3. The molecule has 0 aliphatic rings. The van der Waals surface area contributed by atoms with E-state index in [2.05, 4.69) is 10.1 Å². The quantitative estimate of drug-likeness (QED) is 0.701. The lowest BCUT2D eigenvalue weighted by Gasteiger charge is -2.10. The Bertz CT molecular complexity index is 719. The molecule has 2 rings (SSSR count). The van der Waals surface area contributed by atoms with Gasteiger partial charge in [0.15, 0.2) is 11.5 Å². The number of pyridine rings is 1. The van der Waals surface area contributed by atoms with Crippen molar-refractivity contribution in [1.29, 1.82) is 0 Å². The van der Waals surface area contributed by atoms with Gasteiger partial charge in [-0.25, -0.2) is 9.67 Å². The molecule has 2 aromatic rings. The first-order chi connectivity index (χ1) is 9.31. The number of rotatable bonds is 3. The average Bonchev–Trinajstić information content (AvgIpc) is 2.69. The van der Waals surface area contributed by atoms with Crippen molar-refractivity contribution in [1.82, 2.24) is 14.8 Å². The third-order valence-corrected chi connectivity index (χ3v) is 2.76. The Morgan fingerprint density at radius 2 is 1.85 bits per heavy atom. The van der Waals surface area contributed by atoms with Crippen LogP contribution < -0.4 is 17.2 Å². The first kappa shape index (κ1) is 13.5. The number of carbonyl (C=O) groups is 2. The summed E-state index contributed by atoms with van der Waals surface area (Å²) in [6, 6.07) is 1.73. The van der Waals surface area contributed by atoms with Crippen LogP contribution in [0.1, 0.15) is 32.1 Å². The second kappa shape index (κ2) is 4.65. The predicted octanol–water partition coefficient (Wildman–Crippen LogP) is -0.336. The minimum Gasteiger partial charge on any atom is -0.396 e. The maximum Gasteiger partial charge on any atom is 0.271 e. The average molecular weight is 274 g/mol. The van der Waals surface area contributed by atoms with Crippen molar-refractivity contribution in [3.05, 3.63) is 34.8 Å². The van der Waals surface area contributed by atoms with E-state index in [9.17, 15) is 9.59 Å². The zero-order chi connectivity index (χ0) is 15.0. The lowest BCUT2D eigenvalue weighted by molar-refractivity contribution is 0.0990. The lowest BCUT2D eigenvalue weighted by atomic mass is 10.1. The van der Waals surface area contributed by atoms with Crippen LogP contribution in [-0.2, 0) is 0 Å². The fourth-order valence-corrected chi connectivity index (χ4v) is 1.97. The van der Waals surface area contributed by atoms with E-state index < -0.39 is 11.8 Å². The second-order valence-corrected chi connectivity index (χ2v) is 4.39. The number of nitrogens with two attached hydrogens (primary N) is 3. The first-order valence-corrected chi connectivity index (χ1v) is 5.74. The highest BCUT2D eigenvalue weighted by Gasteiger charge is 2.19. The van der Waals surface area contributed by atoms with Gasteiger partial charge in [0, 0.05) is 5.69 Å². The molecule has 2 heterocycles. The van der Waals surface area contributed by atoms with Crippen molar-refractivity contribution < 1.29 is 9.59 Å². The van der Waals surface area contributed by atoms with Crippen LogP contribution in [0.15, 0.2) is 12.3 Å². The SMILES string of the molecule is Cc1cc(C)c(C(N)=O)c(-n2cc(N)c(C(N)=O)n2)n1. The van der Waals surface area contributed by atoms with Crippen LogP contribution in [0.25, 0.3) is 5.82 Å². The van der Waals surface area contributed by atoms with Gasteiger partial charge in [0.2, 0.25) is 0 Å². The summed E-state index contributed by atoms with van der Waals surface area (Å²) in [5.74, 6) is -1.18. The maximum atomic E-state index is 11.6. The molecule has 8 heteroatoms. The largest absolute Gasteiger partial charge is 0.396 e. The van der Waals surface area contributed by atoms with Gasteiger partial charge in [0.05, 0.1) is 17.4 Å². The van der Waals surface area contributed by atoms with E-state index >= 15 is 0 Å². The topological polar surface area (TPSA) is 143 Å². The molecule has 0 aromatic carbocycles. The molecule has 2 aromatic heterocycles. The second-order valence-electron chi connectivity index (χ2n) is 4.39. The summed E-state index contributed by atoms with van der Waals surface area (Å²) in [6.45, 7) is 3.50. The van der Waals surface area contributed by atoms with E-state index in [-0.39, 0.29) is 22.8 Å². The zero-order valence-corrected chi connectivity index (χ0v) is 11.0. The van der Waals surface area contributed by atoms with E-state index in [1.54, 1.807) is 19.9 Å². The summed E-state index contributed by atoms with van der Waals surface area (Å²) < 4.78 is 1.23. The van der Waals surface area contributed by atoms with Gasteiger partial charge in [-0.1, -0.05) is 0 Å². The predicted molar refractivity (Wildman–Crippen MR) is 72.3 cm³/mol. The fourth-order valence-electron chi connectivity index (χ4n) is 1.97. The Morgan fingerprint density at radius 3 is 2.35 bits per heavy atom. The summed E-state index contributed by atoms with van der Waals surface area (Å²) in [7, 11) is 0. The van der Waals surface area contributed by atoms with Gasteiger partial charge in [0.25, 0.3) is 11.8 Å². The van der Waals surface area contributed by atoms with Crippen LogP contribution in [0, 0.1) is 13.8 Å². The first-order valence-electron chi connectivity index (χ1n) is 5.74. The third kappa shape index (κ3) is 2.18. The lowest BCUT2D eigenvalue weighted by Crippen LogP contribution is -2.19. The summed E-state index contributed by atoms with van der Waals surface area (Å²) in [4.78, 5) is 27.0. The number of hydrogen-bond acceptors (Lipinski definition) is 5. The van der Waals surface area contributed by atoms with Gasteiger partial charge < -0.3 is 17.2 Å². The third-order valence-electron chi connectivity index (χ3n) is 2.76. The van der Waals surface area contributed by atoms with Crippen LogP contribution in [0.2, 0.25) is 0 Å². The number of aryl methyl sites for hydroxylation is 2. The molecule has 0 unspecified atom stereocenters. The molecule has 20 heavy (non-hydrogen) atoms. The normalized spacial score (nSPS) is 10.5. The van der Waals surface area contributed by atoms with E-state index in [0.29, 0.717) is 11.3 Å². The van der Waals surface area contributed by atoms with E-state index in [4.69, 9.17) is 17.2 Å². The van der Waals surface area contributed by atoms with Crippen LogP contribution in [0.4, 0.5) is 5.69 Å². The summed E-state index contributed by atoms with van der Waals surface area (Å²) >= 11 is 0. The Labute approximate surface area is 114 Å². The standard InChI is InChI=1S/C12H14N6O2/c1-5-3-6(2)16-12(8(5)10(14)19)18-4-7(13)9(17-18)11(15)20/h3-4H,13H2,1-2H3,(H2,14,19)(H2,15,20). The molecule has 6 N–H and O–H groups in total. The number of hydrogen-bond donors (Lipinski definition) is 3. The van der Waals surface area contributed by atoms with Crippen molar-refractivity contribution >= 4 is 17.5 Å². The van der Waals surface area contributed by atoms with Gasteiger partial charge in [0.1, 0.15) is 0 Å². The maximum absolute atomic E-state index is 11.6. The van der Waals surface area contributed by atoms with Crippen molar-refractivity contribution in [2.24, 2.45) is 11.5 Å². The Balaban J connectivity index is 2.72. The fraction of sp³-hybridized carbons (Fsp3) is 0.167. The Hall–Kier alpha value is -2.90. The highest BCUT2D eigenvalue weighted by atomic mass is 16.1. The molecule has 0 saturated heterocycles. The molecule has 0 aliphatic heterocycles. The number of nitrogen functional groups attached to an aromatic ring is 1. The molecule has 8 nitrogen and oxygen atoms in total. The van der Waals surface area contributed by atoms with Crippen molar-refractivity contribution in [3.63, 3.8) is 0 Å². The number of carbonyl (C=O) groups excluding carboxylic acids is 2. The van der Waals surface area contributed by atoms with Crippen molar-refractivity contribution in [2.45, 2.75) is 13.8 Å². The monoisotopic (exact) mass is 274 g/mol. The number of anilines is 1. The molecular weight excluding hydrogens is 260 g/mol. The van der Waals surface area contributed by atoms with Gasteiger partial charge in [-0.05, 0) is 25.5 Å². The molecule has 0 aliphatic carbocycles. The molecular formula is C12H14N6O2. The van der Waals surface area contributed by atoms with Crippen LogP contribution >= 0.6 is 0 Å². The van der Waals surface area contributed by atoms with Gasteiger partial charge in [-0.2, -0.15) is 5.10 Å². The van der Waals surface area contributed by atoms with E-state index in [1.165, 1.54) is 10.9 Å². The summed E-state index contributed by atoms with van der Waals surface area (Å²) in [5.41, 5.74) is 17.8. The molecule has 2 amide bonds. The van der Waals surface area contributed by atoms with Crippen LogP contribution in [0.3, 0.4) is 0 Å². The van der Waals surface area contributed by atoms with Gasteiger partial charge in [-0.3, -0.25) is 9.59 Å². The molecule has 0 atom stereocenters. The Morgan fingerprint density at radius 1 is 1.20 bits per heavy atom. The molecule has 0 bridgehead atoms. The molecule has 0 radical (unpaired) electrons. The van der Waals surface area contributed by atoms with Gasteiger partial charge >= 0.3 is 0 Å². The summed E-state index contributed by atoms with van der Waals surface area (Å²) in [6.07, 6.45) is 1.37. The molecule has 104 valence electrons. The number of amides is 2.